The highest BCUT2D eigenvalue weighted by molar-refractivity contribution is 7.99. The molecule has 0 radical (unpaired) electrons. The van der Waals surface area contributed by atoms with Crippen LogP contribution in [0.3, 0.4) is 0 Å². The molecule has 0 aliphatic carbocycles. The fraction of sp³-hybridized carbons (Fsp3) is 0.214. The second-order valence-corrected chi connectivity index (χ2v) is 4.93. The molecule has 1 heterocycles. The molecule has 0 aliphatic heterocycles. The number of hydrogen-bond donors (Lipinski definition) is 1. The molecule has 100 valence electrons. The number of thioether (sulfide) groups is 1. The van der Waals surface area contributed by atoms with Gasteiger partial charge in [0.05, 0.1) is 18.2 Å². The standard InChI is InChI=1S/C14H14FNO2S/c1-18-13-6-5-10(8-11(13)15)12(17)9-19-14-4-2-3-7-16-14/h2-8,12,17H,9H2,1H3/t12-/m0/s1. The first kappa shape index (κ1) is 13.8. The maximum atomic E-state index is 13.5. The molecule has 0 bridgehead atoms. The minimum Gasteiger partial charge on any atom is -0.494 e. The number of nitrogens with zero attached hydrogens (tertiary/aromatic N) is 1. The molecule has 19 heavy (non-hydrogen) atoms. The van der Waals surface area contributed by atoms with Crippen LogP contribution in [0.2, 0.25) is 0 Å². The van der Waals surface area contributed by atoms with Crippen LogP contribution in [-0.4, -0.2) is 23.0 Å². The number of ether oxygens (including phenoxy) is 1. The highest BCUT2D eigenvalue weighted by atomic mass is 32.2. The average molecular weight is 279 g/mol. The van der Waals surface area contributed by atoms with Crippen LogP contribution in [0.5, 0.6) is 5.75 Å². The van der Waals surface area contributed by atoms with Gasteiger partial charge in [-0.2, -0.15) is 0 Å². The summed E-state index contributed by atoms with van der Waals surface area (Å²) in [6.45, 7) is 0. The molecule has 1 aromatic carbocycles. The van der Waals surface area contributed by atoms with Crippen LogP contribution in [-0.2, 0) is 0 Å². The number of benzene rings is 1. The van der Waals surface area contributed by atoms with Crippen molar-refractivity contribution in [1.82, 2.24) is 4.98 Å². The van der Waals surface area contributed by atoms with Gasteiger partial charge in [0.25, 0.3) is 0 Å². The normalized spacial score (nSPS) is 12.2. The fourth-order valence-corrected chi connectivity index (χ4v) is 2.41. The van der Waals surface area contributed by atoms with Crippen molar-refractivity contribution in [2.45, 2.75) is 11.1 Å². The predicted molar refractivity (Wildman–Crippen MR) is 72.9 cm³/mol. The Morgan fingerprint density at radius 2 is 2.21 bits per heavy atom. The van der Waals surface area contributed by atoms with Gasteiger partial charge >= 0.3 is 0 Å². The highest BCUT2D eigenvalue weighted by Gasteiger charge is 2.11. The summed E-state index contributed by atoms with van der Waals surface area (Å²) in [6.07, 6.45) is 0.953. The molecule has 2 aromatic rings. The smallest absolute Gasteiger partial charge is 0.165 e. The second kappa shape index (κ2) is 6.54. The minimum absolute atomic E-state index is 0.174. The van der Waals surface area contributed by atoms with Crippen molar-refractivity contribution in [3.63, 3.8) is 0 Å². The maximum absolute atomic E-state index is 13.5. The minimum atomic E-state index is -0.743. The number of aliphatic hydroxyl groups is 1. The quantitative estimate of drug-likeness (QED) is 0.854. The van der Waals surface area contributed by atoms with Crippen molar-refractivity contribution in [3.8, 4) is 5.75 Å². The van der Waals surface area contributed by atoms with Gasteiger partial charge in [-0.15, -0.1) is 11.8 Å². The molecule has 0 aliphatic rings. The van der Waals surface area contributed by atoms with Gasteiger partial charge in [-0.05, 0) is 29.8 Å². The second-order valence-electron chi connectivity index (χ2n) is 3.89. The Hall–Kier alpha value is -1.59. The Balaban J connectivity index is 2.00. The highest BCUT2D eigenvalue weighted by Crippen LogP contribution is 2.26. The van der Waals surface area contributed by atoms with E-state index >= 15 is 0 Å². The van der Waals surface area contributed by atoms with E-state index in [1.54, 1.807) is 12.3 Å². The van der Waals surface area contributed by atoms with Crippen molar-refractivity contribution in [3.05, 3.63) is 54.0 Å². The molecular formula is C14H14FNO2S. The summed E-state index contributed by atoms with van der Waals surface area (Å²) in [7, 11) is 1.41. The van der Waals surface area contributed by atoms with E-state index in [0.29, 0.717) is 11.3 Å². The molecule has 0 saturated carbocycles. The topological polar surface area (TPSA) is 42.4 Å². The summed E-state index contributed by atoms with van der Waals surface area (Å²) in [6, 6.07) is 10.0. The van der Waals surface area contributed by atoms with Gasteiger partial charge in [0.15, 0.2) is 11.6 Å². The zero-order valence-corrected chi connectivity index (χ0v) is 11.2. The maximum Gasteiger partial charge on any atom is 0.165 e. The van der Waals surface area contributed by atoms with Crippen LogP contribution in [0.25, 0.3) is 0 Å². The third-order valence-electron chi connectivity index (χ3n) is 2.59. The van der Waals surface area contributed by atoms with Crippen LogP contribution in [0.15, 0.2) is 47.6 Å². The Kier molecular flexibility index (Phi) is 4.76. The SMILES string of the molecule is COc1ccc([C@@H](O)CSc2ccccn2)cc1F. The third kappa shape index (κ3) is 3.68. The van der Waals surface area contributed by atoms with Crippen molar-refractivity contribution in [2.24, 2.45) is 0 Å². The molecule has 1 N–H and O–H groups in total. The number of halogens is 1. The first-order valence-corrected chi connectivity index (χ1v) is 6.74. The number of hydrogen-bond acceptors (Lipinski definition) is 4. The Bertz CT molecular complexity index is 536. The summed E-state index contributed by atoms with van der Waals surface area (Å²) < 4.78 is 18.4. The van der Waals surface area contributed by atoms with E-state index in [2.05, 4.69) is 4.98 Å². The van der Waals surface area contributed by atoms with Crippen molar-refractivity contribution in [2.75, 3.05) is 12.9 Å². The lowest BCUT2D eigenvalue weighted by Crippen LogP contribution is -2.02. The van der Waals surface area contributed by atoms with Gasteiger partial charge in [0.2, 0.25) is 0 Å². The number of rotatable bonds is 5. The molecule has 3 nitrogen and oxygen atoms in total. The van der Waals surface area contributed by atoms with Crippen LogP contribution in [0.4, 0.5) is 4.39 Å². The van der Waals surface area contributed by atoms with Gasteiger partial charge in [0.1, 0.15) is 0 Å². The van der Waals surface area contributed by atoms with Gasteiger partial charge in [-0.1, -0.05) is 12.1 Å². The largest absolute Gasteiger partial charge is 0.494 e. The summed E-state index contributed by atoms with van der Waals surface area (Å²) in [4.78, 5) is 4.15. The lowest BCUT2D eigenvalue weighted by atomic mass is 10.1. The van der Waals surface area contributed by atoms with E-state index in [0.717, 1.165) is 5.03 Å². The van der Waals surface area contributed by atoms with Crippen LogP contribution in [0, 0.1) is 5.82 Å². The van der Waals surface area contributed by atoms with Gasteiger partial charge in [0, 0.05) is 11.9 Å². The fourth-order valence-electron chi connectivity index (χ4n) is 1.58. The Morgan fingerprint density at radius 3 is 2.84 bits per heavy atom. The first-order valence-electron chi connectivity index (χ1n) is 5.76. The molecule has 0 amide bonds. The van der Waals surface area contributed by atoms with Gasteiger partial charge in [-0.3, -0.25) is 0 Å². The van der Waals surface area contributed by atoms with Gasteiger partial charge in [-0.25, -0.2) is 9.37 Å². The van der Waals surface area contributed by atoms with E-state index in [1.807, 2.05) is 18.2 Å². The Morgan fingerprint density at radius 1 is 1.37 bits per heavy atom. The number of aromatic nitrogens is 1. The van der Waals surface area contributed by atoms with Gasteiger partial charge < -0.3 is 9.84 Å². The van der Waals surface area contributed by atoms with E-state index in [-0.39, 0.29) is 5.75 Å². The molecule has 0 fully saturated rings. The van der Waals surface area contributed by atoms with E-state index < -0.39 is 11.9 Å². The van der Waals surface area contributed by atoms with Crippen LogP contribution >= 0.6 is 11.8 Å². The van der Waals surface area contributed by atoms with E-state index in [1.165, 1.54) is 31.0 Å². The monoisotopic (exact) mass is 279 g/mol. The van der Waals surface area contributed by atoms with E-state index in [4.69, 9.17) is 4.74 Å². The van der Waals surface area contributed by atoms with E-state index in [9.17, 15) is 9.50 Å². The molecule has 0 unspecified atom stereocenters. The third-order valence-corrected chi connectivity index (χ3v) is 3.61. The summed E-state index contributed by atoms with van der Waals surface area (Å²) in [5, 5.41) is 10.8. The molecule has 0 saturated heterocycles. The van der Waals surface area contributed by atoms with Crippen LogP contribution < -0.4 is 4.74 Å². The average Bonchev–Trinajstić information content (AvgIpc) is 2.45. The molecule has 1 atom stereocenters. The van der Waals surface area contributed by atoms with Crippen molar-refractivity contribution in [1.29, 1.82) is 0 Å². The number of pyridine rings is 1. The summed E-state index contributed by atoms with van der Waals surface area (Å²) in [5.74, 6) is 0.123. The van der Waals surface area contributed by atoms with Crippen molar-refractivity contribution < 1.29 is 14.2 Å². The first-order chi connectivity index (χ1) is 9.20. The molecule has 1 aromatic heterocycles. The summed E-state index contributed by atoms with van der Waals surface area (Å²) >= 11 is 1.42. The number of aliphatic hydroxyl groups excluding tert-OH is 1. The summed E-state index contributed by atoms with van der Waals surface area (Å²) in [5.41, 5.74) is 0.529. The molecule has 2 rings (SSSR count). The zero-order valence-electron chi connectivity index (χ0n) is 10.4. The number of methoxy groups -OCH3 is 1. The Labute approximate surface area is 115 Å². The van der Waals surface area contributed by atoms with Crippen LogP contribution in [0.1, 0.15) is 11.7 Å². The zero-order chi connectivity index (χ0) is 13.7. The van der Waals surface area contributed by atoms with Crippen molar-refractivity contribution >= 4 is 11.8 Å². The lowest BCUT2D eigenvalue weighted by molar-refractivity contribution is 0.203. The predicted octanol–water partition coefficient (Wildman–Crippen LogP) is 3.06. The molecular weight excluding hydrogens is 265 g/mol. The lowest BCUT2D eigenvalue weighted by Gasteiger charge is -2.11. The molecule has 5 heteroatoms. The molecule has 0 spiro atoms.